The summed E-state index contributed by atoms with van der Waals surface area (Å²) in [5, 5.41) is 11.9. The number of urea groups is 1. The van der Waals surface area contributed by atoms with Gasteiger partial charge in [0.1, 0.15) is 0 Å². The van der Waals surface area contributed by atoms with Gasteiger partial charge >= 0.3 is 6.03 Å². The number of amides is 2. The molecule has 1 N–H and O–H groups in total. The van der Waals surface area contributed by atoms with Crippen LogP contribution in [0.2, 0.25) is 0 Å². The first-order valence-electron chi connectivity index (χ1n) is 6.20. The van der Waals surface area contributed by atoms with Crippen molar-refractivity contribution in [1.82, 2.24) is 15.1 Å². The number of carbonyl (C=O) groups excluding carboxylic acids is 1. The van der Waals surface area contributed by atoms with Gasteiger partial charge in [0.2, 0.25) is 0 Å². The molecule has 2 amide bonds. The third-order valence-corrected chi connectivity index (χ3v) is 3.67. The number of nitriles is 1. The number of rotatable bonds is 3. The fourth-order valence-corrected chi connectivity index (χ4v) is 2.37. The van der Waals surface area contributed by atoms with Crippen LogP contribution in [0.15, 0.2) is 0 Å². The highest BCUT2D eigenvalue weighted by Gasteiger charge is 2.35. The van der Waals surface area contributed by atoms with Crippen molar-refractivity contribution in [2.75, 3.05) is 32.7 Å². The number of piperazine rings is 1. The van der Waals surface area contributed by atoms with E-state index in [0.29, 0.717) is 6.04 Å². The number of fused-ring (bicyclic) bond motifs is 1. The van der Waals surface area contributed by atoms with Crippen molar-refractivity contribution in [3.05, 3.63) is 0 Å². The zero-order chi connectivity index (χ0) is 12.5. The highest BCUT2D eigenvalue weighted by molar-refractivity contribution is 5.77. The summed E-state index contributed by atoms with van der Waals surface area (Å²) in [5.41, 5.74) is -0.249. The van der Waals surface area contributed by atoms with E-state index in [0.717, 1.165) is 39.1 Å². The van der Waals surface area contributed by atoms with Gasteiger partial charge in [-0.1, -0.05) is 0 Å². The molecular weight excluding hydrogens is 216 g/mol. The molecule has 0 bridgehead atoms. The van der Waals surface area contributed by atoms with Crippen LogP contribution >= 0.6 is 0 Å². The molecule has 2 aliphatic heterocycles. The SMILES string of the molecule is CC(C)(C#N)CCN1CCN2C(=O)NCC2C1. The van der Waals surface area contributed by atoms with E-state index in [1.165, 1.54) is 0 Å². The van der Waals surface area contributed by atoms with E-state index < -0.39 is 0 Å². The zero-order valence-electron chi connectivity index (χ0n) is 10.6. The lowest BCUT2D eigenvalue weighted by Gasteiger charge is -2.37. The second kappa shape index (κ2) is 4.53. The van der Waals surface area contributed by atoms with Gasteiger partial charge in [-0.2, -0.15) is 5.26 Å². The van der Waals surface area contributed by atoms with Gasteiger partial charge in [0.15, 0.2) is 0 Å². The molecular formula is C12H20N4O. The number of nitrogens with zero attached hydrogens (tertiary/aromatic N) is 3. The van der Waals surface area contributed by atoms with Gasteiger partial charge in [0.25, 0.3) is 0 Å². The van der Waals surface area contributed by atoms with E-state index in [4.69, 9.17) is 5.26 Å². The maximum Gasteiger partial charge on any atom is 0.317 e. The molecule has 2 heterocycles. The van der Waals surface area contributed by atoms with E-state index in [9.17, 15) is 4.79 Å². The average molecular weight is 236 g/mol. The van der Waals surface area contributed by atoms with Gasteiger partial charge in [-0.15, -0.1) is 0 Å². The van der Waals surface area contributed by atoms with Gasteiger partial charge in [-0.25, -0.2) is 4.79 Å². The molecule has 0 aliphatic carbocycles. The first kappa shape index (κ1) is 12.2. The molecule has 5 heteroatoms. The van der Waals surface area contributed by atoms with Crippen molar-refractivity contribution in [2.45, 2.75) is 26.3 Å². The lowest BCUT2D eigenvalue weighted by Crippen LogP contribution is -2.52. The van der Waals surface area contributed by atoms with E-state index in [2.05, 4.69) is 16.3 Å². The second-order valence-corrected chi connectivity index (χ2v) is 5.58. The summed E-state index contributed by atoms with van der Waals surface area (Å²) < 4.78 is 0. The highest BCUT2D eigenvalue weighted by atomic mass is 16.2. The predicted octanol–water partition coefficient (Wildman–Crippen LogP) is 0.636. The van der Waals surface area contributed by atoms with Crippen molar-refractivity contribution in [2.24, 2.45) is 5.41 Å². The lowest BCUT2D eigenvalue weighted by molar-refractivity contribution is 0.114. The van der Waals surface area contributed by atoms with E-state index in [1.807, 2.05) is 18.7 Å². The van der Waals surface area contributed by atoms with Crippen molar-refractivity contribution in [1.29, 1.82) is 5.26 Å². The molecule has 0 spiro atoms. The first-order valence-corrected chi connectivity index (χ1v) is 6.20. The Bertz CT molecular complexity index is 347. The van der Waals surface area contributed by atoms with Gasteiger partial charge < -0.3 is 10.2 Å². The number of nitrogens with one attached hydrogen (secondary N) is 1. The predicted molar refractivity (Wildman–Crippen MR) is 64.3 cm³/mol. The van der Waals surface area contributed by atoms with Crippen molar-refractivity contribution in [3.8, 4) is 6.07 Å². The van der Waals surface area contributed by atoms with Crippen LogP contribution in [0.1, 0.15) is 20.3 Å². The van der Waals surface area contributed by atoms with Crippen LogP contribution in [0.3, 0.4) is 0 Å². The second-order valence-electron chi connectivity index (χ2n) is 5.58. The normalized spacial score (nSPS) is 25.4. The molecule has 0 aromatic carbocycles. The molecule has 0 aromatic rings. The van der Waals surface area contributed by atoms with E-state index in [1.54, 1.807) is 0 Å². The van der Waals surface area contributed by atoms with Gasteiger partial charge in [0.05, 0.1) is 17.5 Å². The third-order valence-electron chi connectivity index (χ3n) is 3.67. The maximum absolute atomic E-state index is 11.4. The summed E-state index contributed by atoms with van der Waals surface area (Å²) in [4.78, 5) is 15.7. The molecule has 2 saturated heterocycles. The summed E-state index contributed by atoms with van der Waals surface area (Å²) in [5.74, 6) is 0. The van der Waals surface area contributed by atoms with Crippen LogP contribution in [0, 0.1) is 16.7 Å². The molecule has 2 rings (SSSR count). The number of hydrogen-bond donors (Lipinski definition) is 1. The Hall–Kier alpha value is -1.28. The molecule has 94 valence electrons. The molecule has 0 radical (unpaired) electrons. The summed E-state index contributed by atoms with van der Waals surface area (Å²) >= 11 is 0. The minimum atomic E-state index is -0.249. The first-order chi connectivity index (χ1) is 8.02. The van der Waals surface area contributed by atoms with E-state index in [-0.39, 0.29) is 11.4 Å². The Kier molecular flexibility index (Phi) is 3.25. The monoisotopic (exact) mass is 236 g/mol. The Balaban J connectivity index is 1.82. The molecule has 0 aromatic heterocycles. The minimum Gasteiger partial charge on any atom is -0.336 e. The van der Waals surface area contributed by atoms with Crippen LogP contribution in [0.4, 0.5) is 4.79 Å². The minimum absolute atomic E-state index is 0.0759. The molecule has 0 saturated carbocycles. The fourth-order valence-electron chi connectivity index (χ4n) is 2.37. The summed E-state index contributed by atoms with van der Waals surface area (Å²) in [6.07, 6.45) is 0.887. The molecule has 2 aliphatic rings. The van der Waals surface area contributed by atoms with Crippen LogP contribution in [-0.4, -0.2) is 54.6 Å². The molecule has 1 unspecified atom stereocenters. The van der Waals surface area contributed by atoms with Crippen LogP contribution in [-0.2, 0) is 0 Å². The largest absolute Gasteiger partial charge is 0.336 e. The Morgan fingerprint density at radius 3 is 3.00 bits per heavy atom. The zero-order valence-corrected chi connectivity index (χ0v) is 10.6. The molecule has 17 heavy (non-hydrogen) atoms. The van der Waals surface area contributed by atoms with Crippen LogP contribution in [0.25, 0.3) is 0 Å². The van der Waals surface area contributed by atoms with Crippen LogP contribution in [0.5, 0.6) is 0 Å². The Morgan fingerprint density at radius 1 is 1.53 bits per heavy atom. The maximum atomic E-state index is 11.4. The molecule has 2 fully saturated rings. The molecule has 5 nitrogen and oxygen atoms in total. The van der Waals surface area contributed by atoms with Gasteiger partial charge in [0, 0.05) is 26.2 Å². The van der Waals surface area contributed by atoms with Crippen molar-refractivity contribution in [3.63, 3.8) is 0 Å². The lowest BCUT2D eigenvalue weighted by atomic mass is 9.91. The topological polar surface area (TPSA) is 59.4 Å². The van der Waals surface area contributed by atoms with Crippen LogP contribution < -0.4 is 5.32 Å². The summed E-state index contributed by atoms with van der Waals surface area (Å²) in [7, 11) is 0. The smallest absolute Gasteiger partial charge is 0.317 e. The fraction of sp³-hybridized carbons (Fsp3) is 0.833. The molecule has 1 atom stereocenters. The Labute approximate surface area is 102 Å². The Morgan fingerprint density at radius 2 is 2.29 bits per heavy atom. The average Bonchev–Trinajstić information content (AvgIpc) is 2.68. The van der Waals surface area contributed by atoms with Crippen molar-refractivity contribution < 1.29 is 4.79 Å². The highest BCUT2D eigenvalue weighted by Crippen LogP contribution is 2.21. The van der Waals surface area contributed by atoms with E-state index >= 15 is 0 Å². The summed E-state index contributed by atoms with van der Waals surface area (Å²) in [6, 6.07) is 2.73. The summed E-state index contributed by atoms with van der Waals surface area (Å²) in [6.45, 7) is 8.32. The standard InChI is InChI=1S/C12H20N4O/c1-12(2,9-13)3-4-15-5-6-16-10(8-15)7-14-11(16)17/h10H,3-8H2,1-2H3,(H,14,17). The van der Waals surface area contributed by atoms with Crippen molar-refractivity contribution >= 4 is 6.03 Å². The van der Waals surface area contributed by atoms with Gasteiger partial charge in [-0.3, -0.25) is 4.90 Å². The number of hydrogen-bond acceptors (Lipinski definition) is 3. The number of carbonyl (C=O) groups is 1. The third kappa shape index (κ3) is 2.70. The van der Waals surface area contributed by atoms with Gasteiger partial charge in [-0.05, 0) is 26.8 Å². The quantitative estimate of drug-likeness (QED) is 0.782.